The van der Waals surface area contributed by atoms with E-state index in [2.05, 4.69) is 0 Å². The number of halogens is 2. The van der Waals surface area contributed by atoms with Gasteiger partial charge in [0.15, 0.2) is 11.6 Å². The molecule has 0 heterocycles. The van der Waals surface area contributed by atoms with Crippen molar-refractivity contribution < 1.29 is 13.5 Å². The highest BCUT2D eigenvalue weighted by atomic mass is 19.1. The van der Waals surface area contributed by atoms with E-state index < -0.39 is 11.6 Å². The third-order valence-electron chi connectivity index (χ3n) is 1.87. The molecule has 0 amide bonds. The van der Waals surface area contributed by atoms with E-state index in [1.54, 1.807) is 19.1 Å². The van der Waals surface area contributed by atoms with Gasteiger partial charge in [-0.05, 0) is 19.1 Å². The molecule has 0 unspecified atom stereocenters. The Balaban J connectivity index is 3.37. The fourth-order valence-electron chi connectivity index (χ4n) is 1.23. The lowest BCUT2D eigenvalue weighted by atomic mass is 10.1. The molecule has 0 aromatic heterocycles. The maximum Gasteiger partial charge on any atom is 0.168 e. The molecule has 0 aliphatic rings. The zero-order valence-electron chi connectivity index (χ0n) is 9.00. The molecule has 0 bridgehead atoms. The van der Waals surface area contributed by atoms with Crippen molar-refractivity contribution >= 4 is 6.08 Å². The Bertz CT molecular complexity index is 523. The number of hydrogen-bond acceptors (Lipinski definition) is 3. The average Bonchev–Trinajstić information content (AvgIpc) is 2.30. The van der Waals surface area contributed by atoms with Crippen LogP contribution in [0.15, 0.2) is 17.7 Å². The minimum Gasteiger partial charge on any atom is -0.490 e. The smallest absolute Gasteiger partial charge is 0.168 e. The summed E-state index contributed by atoms with van der Waals surface area (Å²) in [6, 6.07) is 4.90. The van der Waals surface area contributed by atoms with Crippen molar-refractivity contribution in [3.05, 3.63) is 34.9 Å². The Morgan fingerprint density at radius 3 is 2.53 bits per heavy atom. The summed E-state index contributed by atoms with van der Waals surface area (Å²) in [5, 5.41) is 17.2. The third kappa shape index (κ3) is 3.02. The first-order chi connectivity index (χ1) is 8.12. The molecule has 1 aromatic rings. The van der Waals surface area contributed by atoms with E-state index in [0.29, 0.717) is 6.07 Å². The standard InChI is InChI=1S/C12H8F2N2O/c1-2-17-12-9(3-8(6-15)7-16)4-10(13)5-11(12)14/h3-5H,2H2,1H3. The zero-order valence-corrected chi connectivity index (χ0v) is 9.00. The van der Waals surface area contributed by atoms with E-state index in [9.17, 15) is 8.78 Å². The maximum absolute atomic E-state index is 13.4. The van der Waals surface area contributed by atoms with E-state index in [-0.39, 0.29) is 23.5 Å². The van der Waals surface area contributed by atoms with Crippen LogP contribution in [0.25, 0.3) is 6.08 Å². The van der Waals surface area contributed by atoms with Gasteiger partial charge in [-0.2, -0.15) is 10.5 Å². The maximum atomic E-state index is 13.4. The van der Waals surface area contributed by atoms with E-state index in [1.165, 1.54) is 0 Å². The second-order valence-electron chi connectivity index (χ2n) is 3.02. The minimum atomic E-state index is -0.867. The molecule has 0 aliphatic heterocycles. The average molecular weight is 234 g/mol. The fraction of sp³-hybridized carbons (Fsp3) is 0.167. The molecule has 0 N–H and O–H groups in total. The highest BCUT2D eigenvalue weighted by molar-refractivity contribution is 5.66. The van der Waals surface area contributed by atoms with Gasteiger partial charge in [-0.1, -0.05) is 0 Å². The molecule has 0 saturated carbocycles. The lowest BCUT2D eigenvalue weighted by Gasteiger charge is -2.08. The topological polar surface area (TPSA) is 56.8 Å². The minimum absolute atomic E-state index is 0.0300. The molecule has 0 saturated heterocycles. The third-order valence-corrected chi connectivity index (χ3v) is 1.87. The molecule has 1 rings (SSSR count). The van der Waals surface area contributed by atoms with Crippen LogP contribution in [0.5, 0.6) is 5.75 Å². The van der Waals surface area contributed by atoms with Crippen molar-refractivity contribution in [2.24, 2.45) is 0 Å². The molecule has 0 atom stereocenters. The first-order valence-corrected chi connectivity index (χ1v) is 4.76. The van der Waals surface area contributed by atoms with Gasteiger partial charge >= 0.3 is 0 Å². The van der Waals surface area contributed by atoms with Crippen molar-refractivity contribution in [3.63, 3.8) is 0 Å². The highest BCUT2D eigenvalue weighted by Crippen LogP contribution is 2.26. The molecule has 0 fully saturated rings. The van der Waals surface area contributed by atoms with Gasteiger partial charge in [0.25, 0.3) is 0 Å². The summed E-state index contributed by atoms with van der Waals surface area (Å²) in [7, 11) is 0. The van der Waals surface area contributed by atoms with Gasteiger partial charge in [0, 0.05) is 11.6 Å². The molecule has 86 valence electrons. The van der Waals surface area contributed by atoms with Gasteiger partial charge in [-0.15, -0.1) is 0 Å². The Hall–Kier alpha value is -2.40. The number of rotatable bonds is 3. The predicted octanol–water partition coefficient (Wildman–Crippen LogP) is 2.79. The van der Waals surface area contributed by atoms with Crippen LogP contribution in [-0.4, -0.2) is 6.61 Å². The molecule has 3 nitrogen and oxygen atoms in total. The molecular formula is C12H8F2N2O. The number of nitrogens with zero attached hydrogens (tertiary/aromatic N) is 2. The van der Waals surface area contributed by atoms with E-state index in [0.717, 1.165) is 12.1 Å². The van der Waals surface area contributed by atoms with Crippen LogP contribution >= 0.6 is 0 Å². The van der Waals surface area contributed by atoms with Gasteiger partial charge in [-0.25, -0.2) is 8.78 Å². The summed E-state index contributed by atoms with van der Waals surface area (Å²) in [6.45, 7) is 1.84. The van der Waals surface area contributed by atoms with Crippen LogP contribution in [-0.2, 0) is 0 Å². The lowest BCUT2D eigenvalue weighted by molar-refractivity contribution is 0.319. The quantitative estimate of drug-likeness (QED) is 0.755. The fourth-order valence-corrected chi connectivity index (χ4v) is 1.23. The summed E-state index contributed by atoms with van der Waals surface area (Å²) in [5.74, 6) is -1.84. The first kappa shape index (κ1) is 12.7. The highest BCUT2D eigenvalue weighted by Gasteiger charge is 2.11. The molecular weight excluding hydrogens is 226 g/mol. The van der Waals surface area contributed by atoms with Gasteiger partial charge < -0.3 is 4.74 Å². The molecule has 0 aliphatic carbocycles. The Morgan fingerprint density at radius 2 is 2.00 bits per heavy atom. The molecule has 17 heavy (non-hydrogen) atoms. The number of hydrogen-bond donors (Lipinski definition) is 0. The lowest BCUT2D eigenvalue weighted by Crippen LogP contribution is -1.98. The Labute approximate surface area is 97.2 Å². The summed E-state index contributed by atoms with van der Waals surface area (Å²) >= 11 is 0. The SMILES string of the molecule is CCOc1c(F)cc(F)cc1C=C(C#N)C#N. The second kappa shape index (κ2) is 5.62. The van der Waals surface area contributed by atoms with Crippen LogP contribution in [0.3, 0.4) is 0 Å². The molecule has 1 aromatic carbocycles. The second-order valence-corrected chi connectivity index (χ2v) is 3.02. The van der Waals surface area contributed by atoms with Crippen LogP contribution in [0.4, 0.5) is 8.78 Å². The molecule has 0 radical (unpaired) electrons. The number of allylic oxidation sites excluding steroid dienone is 1. The summed E-state index contributed by atoms with van der Waals surface area (Å²) in [6.07, 6.45) is 1.08. The molecule has 5 heteroatoms. The van der Waals surface area contributed by atoms with Crippen molar-refractivity contribution in [3.8, 4) is 17.9 Å². The van der Waals surface area contributed by atoms with E-state index in [1.807, 2.05) is 0 Å². The van der Waals surface area contributed by atoms with Crippen LogP contribution in [0.1, 0.15) is 12.5 Å². The van der Waals surface area contributed by atoms with Crippen molar-refractivity contribution in [1.29, 1.82) is 10.5 Å². The van der Waals surface area contributed by atoms with Gasteiger partial charge in [0.2, 0.25) is 0 Å². The molecule has 0 spiro atoms. The monoisotopic (exact) mass is 234 g/mol. The summed E-state index contributed by atoms with van der Waals surface area (Å²) < 4.78 is 31.4. The zero-order chi connectivity index (χ0) is 12.8. The van der Waals surface area contributed by atoms with Crippen LogP contribution in [0, 0.1) is 34.3 Å². The van der Waals surface area contributed by atoms with Crippen LogP contribution < -0.4 is 4.74 Å². The summed E-state index contributed by atoms with van der Waals surface area (Å²) in [5.41, 5.74) is -0.224. The van der Waals surface area contributed by atoms with Crippen molar-refractivity contribution in [2.75, 3.05) is 6.61 Å². The Kier molecular flexibility index (Phi) is 4.19. The van der Waals surface area contributed by atoms with Crippen molar-refractivity contribution in [2.45, 2.75) is 6.92 Å². The number of nitriles is 2. The number of benzene rings is 1. The van der Waals surface area contributed by atoms with Crippen LogP contribution in [0.2, 0.25) is 0 Å². The van der Waals surface area contributed by atoms with Gasteiger partial charge in [-0.3, -0.25) is 0 Å². The van der Waals surface area contributed by atoms with Crippen molar-refractivity contribution in [1.82, 2.24) is 0 Å². The Morgan fingerprint density at radius 1 is 1.35 bits per heavy atom. The van der Waals surface area contributed by atoms with E-state index >= 15 is 0 Å². The first-order valence-electron chi connectivity index (χ1n) is 4.76. The largest absolute Gasteiger partial charge is 0.490 e. The summed E-state index contributed by atoms with van der Waals surface area (Å²) in [4.78, 5) is 0. The number of ether oxygens (including phenoxy) is 1. The predicted molar refractivity (Wildman–Crippen MR) is 56.7 cm³/mol. The van der Waals surface area contributed by atoms with Gasteiger partial charge in [0.05, 0.1) is 6.61 Å². The van der Waals surface area contributed by atoms with E-state index in [4.69, 9.17) is 15.3 Å². The normalized spacial score (nSPS) is 9.00. The van der Waals surface area contributed by atoms with Gasteiger partial charge in [0.1, 0.15) is 23.5 Å².